The van der Waals surface area contributed by atoms with E-state index in [0.29, 0.717) is 5.56 Å². The number of rotatable bonds is 2. The van der Waals surface area contributed by atoms with Crippen LogP contribution in [-0.2, 0) is 15.9 Å². The van der Waals surface area contributed by atoms with Crippen molar-refractivity contribution >= 4 is 10.1 Å². The van der Waals surface area contributed by atoms with Gasteiger partial charge in [-0.25, -0.2) is 0 Å². The molecule has 3 nitrogen and oxygen atoms in total. The Labute approximate surface area is 72.8 Å². The fourth-order valence-corrected chi connectivity index (χ4v) is 1.40. The van der Waals surface area contributed by atoms with Gasteiger partial charge in [0.05, 0.1) is 0 Å². The average molecular weight is 188 g/mol. The molecule has 0 radical (unpaired) electrons. The molecule has 0 aliphatic heterocycles. The smallest absolute Gasteiger partial charge is 0.269 e. The third kappa shape index (κ3) is 4.10. The summed E-state index contributed by atoms with van der Waals surface area (Å²) in [6.07, 6.45) is 0. The van der Waals surface area contributed by atoms with Crippen LogP contribution in [0.2, 0.25) is 0 Å². The highest BCUT2D eigenvalue weighted by molar-refractivity contribution is 7.85. The molecule has 0 aliphatic carbocycles. The molecule has 0 unspecified atom stereocenters. The Balaban J connectivity index is 0.00000121. The van der Waals surface area contributed by atoms with E-state index in [9.17, 15) is 8.42 Å². The SMILES string of the molecule is C.O=S(=O)(O)Cc1ccccc1. The zero-order chi connectivity index (χ0) is 8.32. The van der Waals surface area contributed by atoms with Crippen molar-refractivity contribution in [2.75, 3.05) is 0 Å². The van der Waals surface area contributed by atoms with Crippen LogP contribution in [0.3, 0.4) is 0 Å². The van der Waals surface area contributed by atoms with Crippen molar-refractivity contribution < 1.29 is 13.0 Å². The van der Waals surface area contributed by atoms with Crippen LogP contribution < -0.4 is 0 Å². The van der Waals surface area contributed by atoms with Gasteiger partial charge in [0.2, 0.25) is 0 Å². The van der Waals surface area contributed by atoms with E-state index in [2.05, 4.69) is 0 Å². The molecule has 68 valence electrons. The monoisotopic (exact) mass is 188 g/mol. The topological polar surface area (TPSA) is 54.4 Å². The first-order chi connectivity index (χ1) is 5.08. The van der Waals surface area contributed by atoms with Crippen molar-refractivity contribution in [3.8, 4) is 0 Å². The second kappa shape index (κ2) is 4.23. The van der Waals surface area contributed by atoms with Gasteiger partial charge in [-0.1, -0.05) is 37.8 Å². The van der Waals surface area contributed by atoms with Gasteiger partial charge in [-0.05, 0) is 5.56 Å². The molecule has 0 amide bonds. The lowest BCUT2D eigenvalue weighted by atomic mass is 10.2. The minimum Gasteiger partial charge on any atom is -0.285 e. The molecule has 1 N–H and O–H groups in total. The van der Waals surface area contributed by atoms with Gasteiger partial charge >= 0.3 is 0 Å². The Morgan fingerprint density at radius 3 is 2.08 bits per heavy atom. The van der Waals surface area contributed by atoms with E-state index >= 15 is 0 Å². The molecule has 0 aliphatic rings. The van der Waals surface area contributed by atoms with Crippen molar-refractivity contribution in [1.29, 1.82) is 0 Å². The van der Waals surface area contributed by atoms with Crippen LogP contribution in [0.1, 0.15) is 13.0 Å². The molecule has 4 heteroatoms. The first-order valence-corrected chi connectivity index (χ1v) is 4.68. The third-order valence-electron chi connectivity index (χ3n) is 1.19. The Bertz CT molecular complexity index is 315. The summed E-state index contributed by atoms with van der Waals surface area (Å²) in [4.78, 5) is 0. The number of hydrogen-bond donors (Lipinski definition) is 1. The summed E-state index contributed by atoms with van der Waals surface area (Å²) < 4.78 is 29.2. The summed E-state index contributed by atoms with van der Waals surface area (Å²) in [5.41, 5.74) is 0.593. The molecule has 0 bridgehead atoms. The van der Waals surface area contributed by atoms with Crippen molar-refractivity contribution in [2.45, 2.75) is 13.2 Å². The Kier molecular flexibility index (Phi) is 3.92. The zero-order valence-corrected chi connectivity index (χ0v) is 6.58. The number of hydrogen-bond acceptors (Lipinski definition) is 2. The second-order valence-corrected chi connectivity index (χ2v) is 3.66. The lowest BCUT2D eigenvalue weighted by molar-refractivity contribution is 0.482. The van der Waals surface area contributed by atoms with Crippen LogP contribution in [0.25, 0.3) is 0 Å². The van der Waals surface area contributed by atoms with E-state index in [1.54, 1.807) is 30.3 Å². The summed E-state index contributed by atoms with van der Waals surface area (Å²) in [7, 11) is -3.88. The molecule has 0 atom stereocenters. The van der Waals surface area contributed by atoms with Crippen molar-refractivity contribution in [3.05, 3.63) is 35.9 Å². The third-order valence-corrected chi connectivity index (χ3v) is 1.89. The molecule has 0 fully saturated rings. The van der Waals surface area contributed by atoms with E-state index < -0.39 is 10.1 Å². The van der Waals surface area contributed by atoms with E-state index in [0.717, 1.165) is 0 Å². The van der Waals surface area contributed by atoms with Crippen LogP contribution in [0.15, 0.2) is 30.3 Å². The highest BCUT2D eigenvalue weighted by Gasteiger charge is 2.04. The van der Waals surface area contributed by atoms with E-state index in [1.807, 2.05) is 0 Å². The second-order valence-electron chi connectivity index (χ2n) is 2.21. The molecular formula is C8H12O3S. The van der Waals surface area contributed by atoms with Crippen LogP contribution in [0.5, 0.6) is 0 Å². The largest absolute Gasteiger partial charge is 0.285 e. The molecule has 0 saturated heterocycles. The molecule has 0 heterocycles. The van der Waals surface area contributed by atoms with Crippen LogP contribution in [0.4, 0.5) is 0 Å². The predicted molar refractivity (Wildman–Crippen MR) is 48.4 cm³/mol. The van der Waals surface area contributed by atoms with Gasteiger partial charge in [-0.3, -0.25) is 4.55 Å². The molecule has 0 saturated carbocycles. The highest BCUT2D eigenvalue weighted by atomic mass is 32.2. The minimum absolute atomic E-state index is 0. The van der Waals surface area contributed by atoms with Crippen LogP contribution >= 0.6 is 0 Å². The molecule has 1 aromatic rings. The minimum atomic E-state index is -3.88. The molecule has 12 heavy (non-hydrogen) atoms. The molecule has 1 rings (SSSR count). The molecule has 1 aromatic carbocycles. The Hall–Kier alpha value is -0.870. The van der Waals surface area contributed by atoms with Gasteiger partial charge in [0, 0.05) is 0 Å². The highest BCUT2D eigenvalue weighted by Crippen LogP contribution is 2.02. The summed E-state index contributed by atoms with van der Waals surface area (Å²) >= 11 is 0. The van der Waals surface area contributed by atoms with Crippen LogP contribution in [0, 0.1) is 0 Å². The Morgan fingerprint density at radius 1 is 1.17 bits per heavy atom. The van der Waals surface area contributed by atoms with Gasteiger partial charge in [-0.2, -0.15) is 8.42 Å². The zero-order valence-electron chi connectivity index (χ0n) is 5.77. The van der Waals surface area contributed by atoms with Crippen molar-refractivity contribution in [3.63, 3.8) is 0 Å². The predicted octanol–water partition coefficient (Wildman–Crippen LogP) is 1.71. The van der Waals surface area contributed by atoms with Gasteiger partial charge in [0.25, 0.3) is 10.1 Å². The number of benzene rings is 1. The van der Waals surface area contributed by atoms with Gasteiger partial charge in [-0.15, -0.1) is 0 Å². The molecule has 0 spiro atoms. The summed E-state index contributed by atoms with van der Waals surface area (Å²) in [5, 5.41) is 0. The van der Waals surface area contributed by atoms with Gasteiger partial charge < -0.3 is 0 Å². The maximum absolute atomic E-state index is 10.4. The lowest BCUT2D eigenvalue weighted by Gasteiger charge is -1.95. The van der Waals surface area contributed by atoms with E-state index in [-0.39, 0.29) is 13.2 Å². The van der Waals surface area contributed by atoms with Crippen molar-refractivity contribution in [2.24, 2.45) is 0 Å². The lowest BCUT2D eigenvalue weighted by Crippen LogP contribution is -2.00. The fourth-order valence-electron chi connectivity index (χ4n) is 0.785. The van der Waals surface area contributed by atoms with Gasteiger partial charge in [0.15, 0.2) is 0 Å². The molecule has 0 aromatic heterocycles. The quantitative estimate of drug-likeness (QED) is 0.719. The first kappa shape index (κ1) is 11.1. The maximum atomic E-state index is 10.4. The van der Waals surface area contributed by atoms with E-state index in [1.165, 1.54) is 0 Å². The summed E-state index contributed by atoms with van der Waals surface area (Å²) in [5.74, 6) is -0.312. The summed E-state index contributed by atoms with van der Waals surface area (Å²) in [6, 6.07) is 8.52. The summed E-state index contributed by atoms with van der Waals surface area (Å²) in [6.45, 7) is 0. The van der Waals surface area contributed by atoms with Crippen molar-refractivity contribution in [1.82, 2.24) is 0 Å². The van der Waals surface area contributed by atoms with Crippen LogP contribution in [-0.4, -0.2) is 13.0 Å². The average Bonchev–Trinajstić information content (AvgIpc) is 1.85. The normalized spacial score (nSPS) is 10.4. The standard InChI is InChI=1S/C7H8O3S.CH4/c8-11(9,10)6-7-4-2-1-3-5-7;/h1-5H,6H2,(H,8,9,10);1H4. The molecular weight excluding hydrogens is 176 g/mol. The fraction of sp³-hybridized carbons (Fsp3) is 0.250. The maximum Gasteiger partial charge on any atom is 0.269 e. The first-order valence-electron chi connectivity index (χ1n) is 3.07. The van der Waals surface area contributed by atoms with E-state index in [4.69, 9.17) is 4.55 Å². The van der Waals surface area contributed by atoms with Gasteiger partial charge in [0.1, 0.15) is 5.75 Å². The Morgan fingerprint density at radius 2 is 1.67 bits per heavy atom.